The Labute approximate surface area is 133 Å². The SMILES string of the molecule is CC(C)OCCCNC(=O)C[S@](=O)Cc1ccc(Cl)cc1. The zero-order valence-corrected chi connectivity index (χ0v) is 14.0. The van der Waals surface area contributed by atoms with Gasteiger partial charge in [-0.25, -0.2) is 0 Å². The van der Waals surface area contributed by atoms with E-state index in [1.54, 1.807) is 12.1 Å². The van der Waals surface area contributed by atoms with Crippen molar-refractivity contribution >= 4 is 28.3 Å². The molecule has 0 heterocycles. The Bertz CT molecular complexity index is 462. The van der Waals surface area contributed by atoms with Crippen LogP contribution in [0, 0.1) is 0 Å². The second-order valence-corrected chi connectivity index (χ2v) is 6.87. The molecule has 0 aromatic heterocycles. The van der Waals surface area contributed by atoms with Crippen molar-refractivity contribution in [2.24, 2.45) is 0 Å². The molecule has 1 aromatic carbocycles. The normalized spacial score (nSPS) is 12.4. The van der Waals surface area contributed by atoms with Crippen LogP contribution in [-0.2, 0) is 26.1 Å². The summed E-state index contributed by atoms with van der Waals surface area (Å²) in [6.07, 6.45) is 0.959. The predicted octanol–water partition coefficient (Wildman–Crippen LogP) is 2.52. The van der Waals surface area contributed by atoms with Gasteiger partial charge in [-0.05, 0) is 38.0 Å². The molecule has 0 fully saturated rings. The number of benzene rings is 1. The molecule has 21 heavy (non-hydrogen) atoms. The van der Waals surface area contributed by atoms with Gasteiger partial charge in [-0.2, -0.15) is 0 Å². The van der Waals surface area contributed by atoms with E-state index < -0.39 is 10.8 Å². The van der Waals surface area contributed by atoms with Crippen LogP contribution in [0.2, 0.25) is 5.02 Å². The Kier molecular flexibility index (Phi) is 8.57. The van der Waals surface area contributed by atoms with Crippen LogP contribution in [0.4, 0.5) is 0 Å². The molecule has 118 valence electrons. The Morgan fingerprint density at radius 1 is 1.33 bits per heavy atom. The minimum atomic E-state index is -1.21. The highest BCUT2D eigenvalue weighted by Gasteiger charge is 2.08. The van der Waals surface area contributed by atoms with Gasteiger partial charge in [0.2, 0.25) is 5.91 Å². The Morgan fingerprint density at radius 2 is 2.00 bits per heavy atom. The average molecular weight is 332 g/mol. The number of nitrogens with one attached hydrogen (secondary N) is 1. The molecule has 4 nitrogen and oxygen atoms in total. The highest BCUT2D eigenvalue weighted by Crippen LogP contribution is 2.11. The lowest BCUT2D eigenvalue weighted by Crippen LogP contribution is -2.30. The van der Waals surface area contributed by atoms with Gasteiger partial charge in [0.25, 0.3) is 0 Å². The Balaban J connectivity index is 2.18. The molecular formula is C15H22ClNO3S. The maximum absolute atomic E-state index is 11.9. The monoisotopic (exact) mass is 331 g/mol. The first-order valence-electron chi connectivity index (χ1n) is 6.95. The van der Waals surface area contributed by atoms with Gasteiger partial charge in [0.15, 0.2) is 0 Å². The molecule has 6 heteroatoms. The summed E-state index contributed by atoms with van der Waals surface area (Å²) in [7, 11) is -1.21. The fourth-order valence-corrected chi connectivity index (χ4v) is 2.82. The molecule has 0 bridgehead atoms. The second-order valence-electron chi connectivity index (χ2n) is 4.98. The summed E-state index contributed by atoms with van der Waals surface area (Å²) in [6.45, 7) is 5.10. The molecule has 0 saturated carbocycles. The molecule has 0 radical (unpaired) electrons. The molecule has 1 amide bonds. The lowest BCUT2D eigenvalue weighted by atomic mass is 10.2. The molecule has 1 rings (SSSR count). The molecular weight excluding hydrogens is 310 g/mol. The third kappa shape index (κ3) is 8.86. The molecule has 0 spiro atoms. The third-order valence-electron chi connectivity index (χ3n) is 2.63. The molecule has 1 aromatic rings. The van der Waals surface area contributed by atoms with Crippen molar-refractivity contribution in [2.45, 2.75) is 32.1 Å². The van der Waals surface area contributed by atoms with Crippen molar-refractivity contribution in [1.29, 1.82) is 0 Å². The van der Waals surface area contributed by atoms with Crippen molar-refractivity contribution in [3.05, 3.63) is 34.9 Å². The van der Waals surface area contributed by atoms with Crippen molar-refractivity contribution in [2.75, 3.05) is 18.9 Å². The van der Waals surface area contributed by atoms with E-state index in [9.17, 15) is 9.00 Å². The highest BCUT2D eigenvalue weighted by atomic mass is 35.5. The quantitative estimate of drug-likeness (QED) is 0.707. The Morgan fingerprint density at radius 3 is 2.62 bits per heavy atom. The summed E-state index contributed by atoms with van der Waals surface area (Å²) >= 11 is 5.78. The smallest absolute Gasteiger partial charge is 0.232 e. The largest absolute Gasteiger partial charge is 0.379 e. The zero-order valence-electron chi connectivity index (χ0n) is 12.4. The first-order chi connectivity index (χ1) is 9.97. The molecule has 0 saturated heterocycles. The number of carbonyl (C=O) groups is 1. The Hall–Kier alpha value is -0.910. The topological polar surface area (TPSA) is 55.4 Å². The van der Waals surface area contributed by atoms with Crippen molar-refractivity contribution < 1.29 is 13.7 Å². The van der Waals surface area contributed by atoms with Crippen molar-refractivity contribution in [1.82, 2.24) is 5.32 Å². The minimum Gasteiger partial charge on any atom is -0.379 e. The number of ether oxygens (including phenoxy) is 1. The fraction of sp³-hybridized carbons (Fsp3) is 0.533. The number of halogens is 1. The second kappa shape index (κ2) is 9.92. The standard InChI is InChI=1S/C15H22ClNO3S/c1-12(2)20-9-3-8-17-15(18)11-21(19)10-13-4-6-14(16)7-5-13/h4-7,12H,3,8-11H2,1-2H3,(H,17,18)/t21-/m1/s1. The molecule has 0 unspecified atom stereocenters. The maximum Gasteiger partial charge on any atom is 0.232 e. The van der Waals surface area contributed by atoms with Gasteiger partial charge in [0.05, 0.1) is 6.10 Å². The zero-order chi connectivity index (χ0) is 15.7. The molecule has 0 aliphatic carbocycles. The van der Waals surface area contributed by atoms with Gasteiger partial charge in [-0.1, -0.05) is 23.7 Å². The van der Waals surface area contributed by atoms with E-state index in [1.165, 1.54) is 0 Å². The van der Waals surface area contributed by atoms with Crippen LogP contribution in [0.15, 0.2) is 24.3 Å². The van der Waals surface area contributed by atoms with Crippen LogP contribution in [0.25, 0.3) is 0 Å². The van der Waals surface area contributed by atoms with Crippen LogP contribution in [0.5, 0.6) is 0 Å². The molecule has 1 N–H and O–H groups in total. The number of amides is 1. The van der Waals surface area contributed by atoms with Gasteiger partial charge in [0, 0.05) is 34.7 Å². The number of carbonyl (C=O) groups excluding carboxylic acids is 1. The van der Waals surface area contributed by atoms with E-state index in [0.717, 1.165) is 12.0 Å². The van der Waals surface area contributed by atoms with E-state index in [-0.39, 0.29) is 17.8 Å². The van der Waals surface area contributed by atoms with E-state index in [0.29, 0.717) is 23.9 Å². The summed E-state index contributed by atoms with van der Waals surface area (Å²) in [6, 6.07) is 7.15. The van der Waals surface area contributed by atoms with Crippen LogP contribution in [-0.4, -0.2) is 35.1 Å². The predicted molar refractivity (Wildman–Crippen MR) is 86.9 cm³/mol. The average Bonchev–Trinajstić information content (AvgIpc) is 2.40. The van der Waals surface area contributed by atoms with Gasteiger partial charge in [0.1, 0.15) is 5.75 Å². The molecule has 0 aliphatic heterocycles. The van der Waals surface area contributed by atoms with Crippen molar-refractivity contribution in [3.8, 4) is 0 Å². The summed E-state index contributed by atoms with van der Waals surface area (Å²) in [4.78, 5) is 11.6. The van der Waals surface area contributed by atoms with Crippen LogP contribution in [0.1, 0.15) is 25.8 Å². The van der Waals surface area contributed by atoms with Gasteiger partial charge < -0.3 is 10.1 Å². The van der Waals surface area contributed by atoms with Crippen LogP contribution < -0.4 is 5.32 Å². The molecule has 1 atom stereocenters. The maximum atomic E-state index is 11.9. The third-order valence-corrected chi connectivity index (χ3v) is 4.12. The van der Waals surface area contributed by atoms with E-state index in [1.807, 2.05) is 26.0 Å². The van der Waals surface area contributed by atoms with Gasteiger partial charge in [-0.3, -0.25) is 9.00 Å². The van der Waals surface area contributed by atoms with Crippen LogP contribution >= 0.6 is 11.6 Å². The van der Waals surface area contributed by atoms with Gasteiger partial charge >= 0.3 is 0 Å². The van der Waals surface area contributed by atoms with Gasteiger partial charge in [-0.15, -0.1) is 0 Å². The number of rotatable bonds is 9. The number of hydrogen-bond donors (Lipinski definition) is 1. The summed E-state index contributed by atoms with van der Waals surface area (Å²) < 4.78 is 17.2. The first-order valence-corrected chi connectivity index (χ1v) is 8.81. The van der Waals surface area contributed by atoms with E-state index in [4.69, 9.17) is 16.3 Å². The van der Waals surface area contributed by atoms with E-state index in [2.05, 4.69) is 5.32 Å². The lowest BCUT2D eigenvalue weighted by Gasteiger charge is -2.08. The fourth-order valence-electron chi connectivity index (χ4n) is 1.63. The summed E-state index contributed by atoms with van der Waals surface area (Å²) in [5.74, 6) is 0.196. The summed E-state index contributed by atoms with van der Waals surface area (Å²) in [5.41, 5.74) is 0.913. The minimum absolute atomic E-state index is 0.0215. The van der Waals surface area contributed by atoms with Crippen molar-refractivity contribution in [3.63, 3.8) is 0 Å². The molecule has 0 aliphatic rings. The van der Waals surface area contributed by atoms with E-state index >= 15 is 0 Å². The number of hydrogen-bond acceptors (Lipinski definition) is 3. The highest BCUT2D eigenvalue weighted by molar-refractivity contribution is 7.84. The van der Waals surface area contributed by atoms with Crippen LogP contribution in [0.3, 0.4) is 0 Å². The summed E-state index contributed by atoms with van der Waals surface area (Å²) in [5, 5.41) is 3.39. The first kappa shape index (κ1) is 18.1. The lowest BCUT2D eigenvalue weighted by molar-refractivity contribution is -0.118.